The van der Waals surface area contributed by atoms with Crippen LogP contribution in [0.3, 0.4) is 0 Å². The van der Waals surface area contributed by atoms with Gasteiger partial charge in [-0.3, -0.25) is 4.79 Å². The Morgan fingerprint density at radius 1 is 1.24 bits per heavy atom. The number of benzene rings is 2. The number of amides is 1. The van der Waals surface area contributed by atoms with Crippen molar-refractivity contribution >= 4 is 39.7 Å². The maximum Gasteiger partial charge on any atom is 0.264 e. The number of thiophene rings is 1. The van der Waals surface area contributed by atoms with Crippen LogP contribution in [0, 0.1) is 11.7 Å². The molecule has 1 unspecified atom stereocenters. The first kappa shape index (κ1) is 21.6. The van der Waals surface area contributed by atoms with Crippen LogP contribution in [0.25, 0.3) is 10.1 Å². The van der Waals surface area contributed by atoms with Gasteiger partial charge in [-0.25, -0.2) is 4.39 Å². The second-order valence-electron chi connectivity index (χ2n) is 7.09. The molecule has 1 atom stereocenters. The lowest BCUT2D eigenvalue weighted by atomic mass is 10.1. The molecule has 1 amide bonds. The Morgan fingerprint density at radius 2 is 2.03 bits per heavy atom. The predicted molar refractivity (Wildman–Crippen MR) is 118 cm³/mol. The molecular formula is C22H24ClFN2O2S. The van der Waals surface area contributed by atoms with Gasteiger partial charge in [0.25, 0.3) is 5.91 Å². The monoisotopic (exact) mass is 434 g/mol. The summed E-state index contributed by atoms with van der Waals surface area (Å²) in [5, 5.41) is 3.68. The minimum Gasteiger partial charge on any atom is -0.489 e. The fourth-order valence-corrected chi connectivity index (χ4v) is 4.96. The summed E-state index contributed by atoms with van der Waals surface area (Å²) >= 11 is 1.36. The first-order valence-electron chi connectivity index (χ1n) is 9.49. The van der Waals surface area contributed by atoms with Gasteiger partial charge in [-0.05, 0) is 50.2 Å². The van der Waals surface area contributed by atoms with Gasteiger partial charge in [-0.2, -0.15) is 0 Å². The van der Waals surface area contributed by atoms with Crippen LogP contribution in [0.4, 0.5) is 4.39 Å². The molecule has 1 aliphatic rings. The predicted octanol–water partition coefficient (Wildman–Crippen LogP) is 4.72. The summed E-state index contributed by atoms with van der Waals surface area (Å²) in [6.45, 7) is 2.53. The second-order valence-corrected chi connectivity index (χ2v) is 8.14. The molecule has 7 heteroatoms. The van der Waals surface area contributed by atoms with Gasteiger partial charge >= 0.3 is 0 Å². The summed E-state index contributed by atoms with van der Waals surface area (Å²) in [5.41, 5.74) is 0.643. The third-order valence-corrected chi connectivity index (χ3v) is 6.34. The zero-order chi connectivity index (χ0) is 19.5. The molecule has 1 aromatic heterocycles. The molecule has 29 heavy (non-hydrogen) atoms. The molecule has 3 aromatic rings. The number of halogens is 2. The molecule has 0 saturated carbocycles. The molecule has 2 aromatic carbocycles. The fourth-order valence-electron chi connectivity index (χ4n) is 3.77. The molecule has 0 radical (unpaired) electrons. The number of nitrogens with zero attached hydrogens (tertiary/aromatic N) is 1. The molecule has 1 N–H and O–H groups in total. The summed E-state index contributed by atoms with van der Waals surface area (Å²) in [6.07, 6.45) is 0.988. The van der Waals surface area contributed by atoms with E-state index in [4.69, 9.17) is 4.74 Å². The number of para-hydroxylation sites is 1. The highest BCUT2D eigenvalue weighted by Gasteiger charge is 2.30. The van der Waals surface area contributed by atoms with Gasteiger partial charge in [-0.15, -0.1) is 23.7 Å². The van der Waals surface area contributed by atoms with Crippen LogP contribution in [0.1, 0.15) is 21.7 Å². The molecule has 4 nitrogen and oxygen atoms in total. The average molecular weight is 435 g/mol. The van der Waals surface area contributed by atoms with Gasteiger partial charge in [0.1, 0.15) is 18.2 Å². The van der Waals surface area contributed by atoms with E-state index in [1.165, 1.54) is 17.4 Å². The highest BCUT2D eigenvalue weighted by atomic mass is 35.5. The summed E-state index contributed by atoms with van der Waals surface area (Å²) in [5.74, 6) is 0.829. The van der Waals surface area contributed by atoms with E-state index in [2.05, 4.69) is 5.32 Å². The minimum absolute atomic E-state index is 0. The molecule has 1 aliphatic heterocycles. The number of carbonyl (C=O) groups excluding carboxylic acids is 1. The van der Waals surface area contributed by atoms with Gasteiger partial charge < -0.3 is 15.0 Å². The van der Waals surface area contributed by atoms with Crippen molar-refractivity contribution in [1.82, 2.24) is 10.2 Å². The number of hydrogen-bond donors (Lipinski definition) is 1. The van der Waals surface area contributed by atoms with E-state index in [0.29, 0.717) is 27.5 Å². The van der Waals surface area contributed by atoms with E-state index in [1.807, 2.05) is 48.3 Å². The van der Waals surface area contributed by atoms with Crippen molar-refractivity contribution in [3.8, 4) is 5.75 Å². The number of fused-ring (bicyclic) bond motifs is 1. The highest BCUT2D eigenvalue weighted by molar-refractivity contribution is 7.21. The Hall–Kier alpha value is -2.15. The van der Waals surface area contributed by atoms with Crippen LogP contribution in [-0.4, -0.2) is 37.5 Å². The molecular weight excluding hydrogens is 411 g/mol. The Morgan fingerprint density at radius 3 is 2.79 bits per heavy atom. The second kappa shape index (κ2) is 9.57. The Kier molecular flexibility index (Phi) is 7.11. The average Bonchev–Trinajstić information content (AvgIpc) is 3.32. The van der Waals surface area contributed by atoms with Crippen molar-refractivity contribution in [2.75, 3.05) is 26.7 Å². The quantitative estimate of drug-likeness (QED) is 0.610. The van der Waals surface area contributed by atoms with Crippen LogP contribution >= 0.6 is 23.7 Å². The van der Waals surface area contributed by atoms with E-state index in [0.717, 1.165) is 30.8 Å². The number of nitrogens with one attached hydrogen (secondary N) is 1. The van der Waals surface area contributed by atoms with E-state index >= 15 is 0 Å². The molecule has 0 spiro atoms. The number of carbonyl (C=O) groups is 1. The van der Waals surface area contributed by atoms with Gasteiger partial charge in [0.2, 0.25) is 0 Å². The van der Waals surface area contributed by atoms with Crippen molar-refractivity contribution in [2.24, 2.45) is 5.92 Å². The fraction of sp³-hybridized carbons (Fsp3) is 0.318. The summed E-state index contributed by atoms with van der Waals surface area (Å²) in [7, 11) is 1.93. The summed E-state index contributed by atoms with van der Waals surface area (Å²) in [6, 6.07) is 14.4. The lowest BCUT2D eigenvalue weighted by molar-refractivity contribution is 0.0789. The topological polar surface area (TPSA) is 41.6 Å². The molecule has 1 saturated heterocycles. The zero-order valence-corrected chi connectivity index (χ0v) is 17.8. The van der Waals surface area contributed by atoms with E-state index < -0.39 is 0 Å². The molecule has 4 rings (SSSR count). The van der Waals surface area contributed by atoms with Crippen LogP contribution in [0.5, 0.6) is 5.75 Å². The summed E-state index contributed by atoms with van der Waals surface area (Å²) in [4.78, 5) is 15.7. The van der Waals surface area contributed by atoms with Gasteiger partial charge in [0.15, 0.2) is 0 Å². The molecule has 154 valence electrons. The zero-order valence-electron chi connectivity index (χ0n) is 16.2. The van der Waals surface area contributed by atoms with Crippen LogP contribution in [0.2, 0.25) is 0 Å². The van der Waals surface area contributed by atoms with Crippen LogP contribution < -0.4 is 10.1 Å². The molecule has 1 fully saturated rings. The van der Waals surface area contributed by atoms with Crippen molar-refractivity contribution in [3.63, 3.8) is 0 Å². The standard InChI is InChI=1S/C22H23FN2O2S.ClH/c1-24-12-15-10-11-25(13-15)22(26)21-17(14-27-16-6-3-2-4-7-16)20-18(23)8-5-9-19(20)28-21;/h2-9,15,24H,10-14H2,1H3;1H. The molecule has 2 heterocycles. The molecule has 0 bridgehead atoms. The van der Waals surface area contributed by atoms with Gasteiger partial charge in [-0.1, -0.05) is 24.3 Å². The Labute approximate surface area is 180 Å². The van der Waals surface area contributed by atoms with Crippen molar-refractivity contribution in [1.29, 1.82) is 0 Å². The first-order valence-corrected chi connectivity index (χ1v) is 10.3. The molecule has 0 aliphatic carbocycles. The van der Waals surface area contributed by atoms with E-state index in [-0.39, 0.29) is 30.7 Å². The van der Waals surface area contributed by atoms with Crippen LogP contribution in [-0.2, 0) is 6.61 Å². The first-order chi connectivity index (χ1) is 13.7. The maximum atomic E-state index is 14.6. The Bertz CT molecular complexity index is 980. The smallest absolute Gasteiger partial charge is 0.264 e. The van der Waals surface area contributed by atoms with Crippen molar-refractivity contribution in [2.45, 2.75) is 13.0 Å². The number of ether oxygens (including phenoxy) is 1. The van der Waals surface area contributed by atoms with E-state index in [9.17, 15) is 9.18 Å². The van der Waals surface area contributed by atoms with Crippen LogP contribution in [0.15, 0.2) is 48.5 Å². The van der Waals surface area contributed by atoms with E-state index in [1.54, 1.807) is 6.07 Å². The highest BCUT2D eigenvalue weighted by Crippen LogP contribution is 2.35. The van der Waals surface area contributed by atoms with Crippen molar-refractivity contribution in [3.05, 3.63) is 64.8 Å². The van der Waals surface area contributed by atoms with Gasteiger partial charge in [0.05, 0.1) is 4.88 Å². The SMILES string of the molecule is CNCC1CCN(C(=O)c2sc3cccc(F)c3c2COc2ccccc2)C1.Cl. The third kappa shape index (κ3) is 4.55. The lowest BCUT2D eigenvalue weighted by Gasteiger charge is -2.17. The number of hydrogen-bond acceptors (Lipinski definition) is 4. The normalized spacial score (nSPS) is 16.1. The van der Waals surface area contributed by atoms with Crippen molar-refractivity contribution < 1.29 is 13.9 Å². The lowest BCUT2D eigenvalue weighted by Crippen LogP contribution is -2.30. The largest absolute Gasteiger partial charge is 0.489 e. The number of rotatable bonds is 6. The minimum atomic E-state index is -0.311. The Balaban J connectivity index is 0.00000240. The summed E-state index contributed by atoms with van der Waals surface area (Å²) < 4.78 is 21.3. The number of likely N-dealkylation sites (tertiary alicyclic amines) is 1. The third-order valence-electron chi connectivity index (χ3n) is 5.15. The van der Waals surface area contributed by atoms with Gasteiger partial charge in [0, 0.05) is 28.7 Å². The maximum absolute atomic E-state index is 14.6.